The molecule has 148 valence electrons. The third-order valence-electron chi connectivity index (χ3n) is 4.74. The summed E-state index contributed by atoms with van der Waals surface area (Å²) in [6.45, 7) is -0.0383. The van der Waals surface area contributed by atoms with Crippen LogP contribution in [0.3, 0.4) is 0 Å². The highest BCUT2D eigenvalue weighted by Gasteiger charge is 2.44. The number of nitrogens with one attached hydrogen (secondary N) is 1. The smallest absolute Gasteiger partial charge is 0.167 e. The van der Waals surface area contributed by atoms with Crippen molar-refractivity contribution in [3.8, 4) is 0 Å². The summed E-state index contributed by atoms with van der Waals surface area (Å²) in [7, 11) is 0. The van der Waals surface area contributed by atoms with Crippen molar-refractivity contribution in [2.45, 2.75) is 31.1 Å². The van der Waals surface area contributed by atoms with Crippen molar-refractivity contribution < 1.29 is 20.1 Å². The summed E-state index contributed by atoms with van der Waals surface area (Å²) in [5.41, 5.74) is 8.15. The van der Waals surface area contributed by atoms with Gasteiger partial charge in [0.05, 0.1) is 23.6 Å². The standard InChI is InChI=1S/C17H19ClN6O4/c18-9-3-1-2-8(11(9)19)4-20-15-12-16(22-6-21-15)24(7-23-12)17-14(27)13(26)10(5-25)28-17/h1-3,6-7,10,13-14,17,25-27H,4-5,19H2,(H,20,21,22)/t10-,13-,14-,17?/m1/s1. The molecule has 1 unspecified atom stereocenters. The van der Waals surface area contributed by atoms with E-state index in [9.17, 15) is 15.3 Å². The highest BCUT2D eigenvalue weighted by Crippen LogP contribution is 2.32. The largest absolute Gasteiger partial charge is 0.397 e. The Morgan fingerprint density at radius 3 is 2.79 bits per heavy atom. The summed E-state index contributed by atoms with van der Waals surface area (Å²) < 4.78 is 7.05. The van der Waals surface area contributed by atoms with Crippen LogP contribution in [0.2, 0.25) is 5.02 Å². The predicted octanol–water partition coefficient (Wildman–Crippen LogP) is 0.285. The molecule has 1 aliphatic heterocycles. The van der Waals surface area contributed by atoms with E-state index in [1.807, 2.05) is 12.1 Å². The molecule has 6 N–H and O–H groups in total. The molecule has 3 heterocycles. The second-order valence-electron chi connectivity index (χ2n) is 6.44. The minimum Gasteiger partial charge on any atom is -0.397 e. The van der Waals surface area contributed by atoms with Crippen molar-refractivity contribution in [2.24, 2.45) is 0 Å². The van der Waals surface area contributed by atoms with E-state index in [1.165, 1.54) is 17.2 Å². The third kappa shape index (κ3) is 3.15. The molecule has 28 heavy (non-hydrogen) atoms. The number of aromatic nitrogens is 4. The van der Waals surface area contributed by atoms with Gasteiger partial charge < -0.3 is 31.1 Å². The molecule has 2 aromatic heterocycles. The van der Waals surface area contributed by atoms with E-state index in [1.54, 1.807) is 6.07 Å². The van der Waals surface area contributed by atoms with E-state index in [2.05, 4.69) is 20.3 Å². The molecule has 0 radical (unpaired) electrons. The molecule has 1 fully saturated rings. The molecule has 1 aromatic carbocycles. The number of nitrogens with zero attached hydrogens (tertiary/aromatic N) is 4. The Kier molecular flexibility index (Phi) is 5.04. The normalized spacial score (nSPS) is 24.7. The van der Waals surface area contributed by atoms with Crippen molar-refractivity contribution in [3.63, 3.8) is 0 Å². The predicted molar refractivity (Wildman–Crippen MR) is 102 cm³/mol. The molecular formula is C17H19ClN6O4. The van der Waals surface area contributed by atoms with Gasteiger partial charge in [-0.15, -0.1) is 0 Å². The van der Waals surface area contributed by atoms with E-state index < -0.39 is 31.1 Å². The van der Waals surface area contributed by atoms with Gasteiger partial charge in [0.25, 0.3) is 0 Å². The first kappa shape index (κ1) is 18.8. The molecule has 0 saturated carbocycles. The summed E-state index contributed by atoms with van der Waals surface area (Å²) in [5, 5.41) is 33.1. The van der Waals surface area contributed by atoms with Crippen LogP contribution >= 0.6 is 11.6 Å². The lowest BCUT2D eigenvalue weighted by atomic mass is 10.1. The van der Waals surface area contributed by atoms with Gasteiger partial charge in [-0.05, 0) is 11.6 Å². The minimum absolute atomic E-state index is 0.374. The zero-order chi connectivity index (χ0) is 19.8. The Bertz CT molecular complexity index is 999. The Morgan fingerprint density at radius 2 is 2.04 bits per heavy atom. The topological polar surface area (TPSA) is 152 Å². The van der Waals surface area contributed by atoms with Crippen LogP contribution in [-0.4, -0.2) is 59.8 Å². The number of nitrogen functional groups attached to an aromatic ring is 1. The Labute approximate surface area is 164 Å². The maximum absolute atomic E-state index is 10.2. The number of benzene rings is 1. The SMILES string of the molecule is Nc1c(Cl)cccc1CNc1ncnc2c1ncn2C1O[C@H](CO)[C@@H](O)[C@H]1O. The van der Waals surface area contributed by atoms with Crippen LogP contribution < -0.4 is 11.1 Å². The average Bonchev–Trinajstić information content (AvgIpc) is 3.25. The fourth-order valence-electron chi connectivity index (χ4n) is 3.19. The van der Waals surface area contributed by atoms with E-state index in [-0.39, 0.29) is 0 Å². The Morgan fingerprint density at radius 1 is 1.21 bits per heavy atom. The molecule has 3 aromatic rings. The van der Waals surface area contributed by atoms with Crippen LogP contribution in [0.4, 0.5) is 11.5 Å². The third-order valence-corrected chi connectivity index (χ3v) is 5.07. The van der Waals surface area contributed by atoms with Gasteiger partial charge in [0, 0.05) is 6.54 Å². The zero-order valence-corrected chi connectivity index (χ0v) is 15.4. The molecule has 1 saturated heterocycles. The summed E-state index contributed by atoms with van der Waals surface area (Å²) in [5.74, 6) is 0.467. The zero-order valence-electron chi connectivity index (χ0n) is 14.6. The van der Waals surface area contributed by atoms with Gasteiger partial charge in [0.15, 0.2) is 23.2 Å². The van der Waals surface area contributed by atoms with Gasteiger partial charge in [-0.2, -0.15) is 0 Å². The molecular weight excluding hydrogens is 388 g/mol. The number of ether oxygens (including phenoxy) is 1. The van der Waals surface area contributed by atoms with Crippen molar-refractivity contribution >= 4 is 34.3 Å². The van der Waals surface area contributed by atoms with Crippen molar-refractivity contribution in [1.29, 1.82) is 0 Å². The Balaban J connectivity index is 1.61. The molecule has 0 bridgehead atoms. The van der Waals surface area contributed by atoms with Crippen molar-refractivity contribution in [1.82, 2.24) is 19.5 Å². The fraction of sp³-hybridized carbons (Fsp3) is 0.353. The van der Waals surface area contributed by atoms with E-state index >= 15 is 0 Å². The van der Waals surface area contributed by atoms with Gasteiger partial charge in [0.1, 0.15) is 24.6 Å². The first-order valence-electron chi connectivity index (χ1n) is 8.58. The van der Waals surface area contributed by atoms with Crippen molar-refractivity contribution in [3.05, 3.63) is 41.4 Å². The van der Waals surface area contributed by atoms with Crippen molar-refractivity contribution in [2.75, 3.05) is 17.7 Å². The average molecular weight is 407 g/mol. The molecule has 4 rings (SSSR count). The first-order chi connectivity index (χ1) is 13.5. The molecule has 1 aliphatic rings. The molecule has 0 amide bonds. The number of aliphatic hydroxyl groups is 3. The van der Waals surface area contributed by atoms with E-state index in [4.69, 9.17) is 22.1 Å². The van der Waals surface area contributed by atoms with Crippen LogP contribution in [0, 0.1) is 0 Å². The lowest BCUT2D eigenvalue weighted by molar-refractivity contribution is -0.0511. The molecule has 0 spiro atoms. The van der Waals surface area contributed by atoms with Crippen LogP contribution in [0.15, 0.2) is 30.9 Å². The van der Waals surface area contributed by atoms with Crippen LogP contribution in [-0.2, 0) is 11.3 Å². The molecule has 0 aliphatic carbocycles. The summed E-state index contributed by atoms with van der Waals surface area (Å²) >= 11 is 6.05. The highest BCUT2D eigenvalue weighted by molar-refractivity contribution is 6.33. The van der Waals surface area contributed by atoms with Crippen LogP contribution in [0.25, 0.3) is 11.2 Å². The summed E-state index contributed by atoms with van der Waals surface area (Å²) in [6.07, 6.45) is -1.46. The number of halogens is 1. The molecule has 11 heteroatoms. The number of hydrogen-bond donors (Lipinski definition) is 5. The minimum atomic E-state index is -1.23. The molecule has 4 atom stereocenters. The van der Waals surface area contributed by atoms with Crippen LogP contribution in [0.5, 0.6) is 0 Å². The highest BCUT2D eigenvalue weighted by atomic mass is 35.5. The number of fused-ring (bicyclic) bond motifs is 1. The second-order valence-corrected chi connectivity index (χ2v) is 6.85. The summed E-state index contributed by atoms with van der Waals surface area (Å²) in [4.78, 5) is 12.7. The number of rotatable bonds is 5. The van der Waals surface area contributed by atoms with E-state index in [0.29, 0.717) is 34.2 Å². The molecule has 10 nitrogen and oxygen atoms in total. The number of hydrogen-bond acceptors (Lipinski definition) is 9. The maximum atomic E-state index is 10.2. The number of anilines is 2. The van der Waals surface area contributed by atoms with Gasteiger partial charge in [-0.1, -0.05) is 23.7 Å². The van der Waals surface area contributed by atoms with Crippen LogP contribution in [0.1, 0.15) is 11.8 Å². The summed E-state index contributed by atoms with van der Waals surface area (Å²) in [6, 6.07) is 5.37. The van der Waals surface area contributed by atoms with Gasteiger partial charge in [-0.3, -0.25) is 4.57 Å². The van der Waals surface area contributed by atoms with Gasteiger partial charge in [0.2, 0.25) is 0 Å². The lowest BCUT2D eigenvalue weighted by Crippen LogP contribution is -2.33. The fourth-order valence-corrected chi connectivity index (χ4v) is 3.39. The Hall–Kier alpha value is -2.50. The van der Waals surface area contributed by atoms with Gasteiger partial charge >= 0.3 is 0 Å². The quantitative estimate of drug-likeness (QED) is 0.376. The van der Waals surface area contributed by atoms with Gasteiger partial charge in [-0.25, -0.2) is 15.0 Å². The number of imidazole rings is 1. The first-order valence-corrected chi connectivity index (χ1v) is 8.95. The number of para-hydroxylation sites is 1. The number of aliphatic hydroxyl groups excluding tert-OH is 3. The second kappa shape index (κ2) is 7.49. The van der Waals surface area contributed by atoms with E-state index in [0.717, 1.165) is 5.56 Å². The number of nitrogens with two attached hydrogens (primary N) is 1. The maximum Gasteiger partial charge on any atom is 0.167 e. The monoisotopic (exact) mass is 406 g/mol. The lowest BCUT2D eigenvalue weighted by Gasteiger charge is -2.16.